The summed E-state index contributed by atoms with van der Waals surface area (Å²) in [6.07, 6.45) is 1.04. The Labute approximate surface area is 226 Å². The average molecular weight is 639 g/mol. The molecule has 3 N–H and O–H groups in total. The van der Waals surface area contributed by atoms with Gasteiger partial charge < -0.3 is 10.6 Å². The maximum absolute atomic E-state index is 13.2. The summed E-state index contributed by atoms with van der Waals surface area (Å²) in [6.45, 7) is 4.62. The topological polar surface area (TPSA) is 125 Å². The third-order valence-corrected chi connectivity index (χ3v) is 9.05. The number of imide groups is 1. The summed E-state index contributed by atoms with van der Waals surface area (Å²) in [4.78, 5) is 40.4. The highest BCUT2D eigenvalue weighted by atomic mass is 127. The molecular formula is C24H23IN4O5S2. The van der Waals surface area contributed by atoms with Gasteiger partial charge in [-0.05, 0) is 90.0 Å². The molecule has 0 aliphatic carbocycles. The summed E-state index contributed by atoms with van der Waals surface area (Å²) in [5.74, 6) is -0.772. The van der Waals surface area contributed by atoms with Crippen molar-refractivity contribution in [2.75, 3.05) is 22.1 Å². The van der Waals surface area contributed by atoms with E-state index in [1.807, 2.05) is 39.4 Å². The van der Waals surface area contributed by atoms with Crippen molar-refractivity contribution in [3.8, 4) is 0 Å². The number of halogens is 1. The molecule has 12 heteroatoms. The second kappa shape index (κ2) is 10.6. The van der Waals surface area contributed by atoms with Gasteiger partial charge in [0.1, 0.15) is 4.21 Å². The first-order chi connectivity index (χ1) is 17.1. The van der Waals surface area contributed by atoms with Crippen LogP contribution in [0.3, 0.4) is 0 Å². The van der Waals surface area contributed by atoms with Gasteiger partial charge in [-0.1, -0.05) is 6.92 Å². The van der Waals surface area contributed by atoms with E-state index < -0.39 is 22.0 Å². The van der Waals surface area contributed by atoms with Gasteiger partial charge in [0.15, 0.2) is 0 Å². The zero-order valence-electron chi connectivity index (χ0n) is 19.4. The van der Waals surface area contributed by atoms with Crippen LogP contribution in [0.1, 0.15) is 34.1 Å². The highest BCUT2D eigenvalue weighted by Gasteiger charge is 2.33. The largest absolute Gasteiger partial charge is 0.385 e. The van der Waals surface area contributed by atoms with Crippen LogP contribution >= 0.6 is 33.9 Å². The monoisotopic (exact) mass is 638 g/mol. The SMILES string of the molecule is CCCNc1ccc2c(c1)CC(=O)N(c1ccc(NC(=O)NS(=O)(=O)c3ccc(C)s3)cc1I)C2=O. The zero-order chi connectivity index (χ0) is 26.0. The number of carbonyl (C=O) groups excluding carboxylic acids is 3. The number of aryl methyl sites for hydroxylation is 1. The molecule has 0 unspecified atom stereocenters. The Bertz CT molecular complexity index is 1470. The Balaban J connectivity index is 1.50. The molecule has 0 saturated heterocycles. The first kappa shape index (κ1) is 26.1. The lowest BCUT2D eigenvalue weighted by atomic mass is 9.97. The molecule has 36 heavy (non-hydrogen) atoms. The van der Waals surface area contributed by atoms with E-state index >= 15 is 0 Å². The minimum absolute atomic E-state index is 0.0377. The molecule has 0 saturated carbocycles. The summed E-state index contributed by atoms with van der Waals surface area (Å²) >= 11 is 3.03. The Hall–Kier alpha value is -2.97. The molecule has 0 spiro atoms. The predicted octanol–water partition coefficient (Wildman–Crippen LogP) is 4.72. The highest BCUT2D eigenvalue weighted by Crippen LogP contribution is 2.32. The van der Waals surface area contributed by atoms with Gasteiger partial charge >= 0.3 is 6.03 Å². The zero-order valence-corrected chi connectivity index (χ0v) is 23.2. The van der Waals surface area contributed by atoms with E-state index in [-0.39, 0.29) is 16.5 Å². The van der Waals surface area contributed by atoms with Gasteiger partial charge in [-0.2, -0.15) is 0 Å². The van der Waals surface area contributed by atoms with Crippen molar-refractivity contribution in [1.82, 2.24) is 4.72 Å². The van der Waals surface area contributed by atoms with Crippen LogP contribution in [0.5, 0.6) is 0 Å². The number of rotatable bonds is 7. The molecule has 1 aromatic heterocycles. The van der Waals surface area contributed by atoms with E-state index in [1.165, 1.54) is 12.1 Å². The summed E-state index contributed by atoms with van der Waals surface area (Å²) in [5, 5.41) is 5.74. The molecule has 3 aromatic rings. The highest BCUT2D eigenvalue weighted by molar-refractivity contribution is 14.1. The van der Waals surface area contributed by atoms with Crippen molar-refractivity contribution in [2.45, 2.75) is 30.9 Å². The Morgan fingerprint density at radius 3 is 2.50 bits per heavy atom. The number of carbonyl (C=O) groups is 3. The minimum atomic E-state index is -3.99. The Morgan fingerprint density at radius 1 is 1.08 bits per heavy atom. The molecule has 9 nitrogen and oxygen atoms in total. The van der Waals surface area contributed by atoms with Crippen LogP contribution in [0, 0.1) is 10.5 Å². The number of urea groups is 1. The molecule has 1 aliphatic rings. The molecule has 2 aromatic carbocycles. The number of amides is 4. The second-order valence-electron chi connectivity index (χ2n) is 8.10. The lowest BCUT2D eigenvalue weighted by Crippen LogP contribution is -2.43. The van der Waals surface area contributed by atoms with E-state index in [0.29, 0.717) is 26.1 Å². The van der Waals surface area contributed by atoms with Gasteiger partial charge in [-0.15, -0.1) is 11.3 Å². The van der Waals surface area contributed by atoms with Crippen molar-refractivity contribution in [1.29, 1.82) is 0 Å². The average Bonchev–Trinajstić information content (AvgIpc) is 3.26. The second-order valence-corrected chi connectivity index (χ2v) is 12.5. The number of hydrogen-bond acceptors (Lipinski definition) is 7. The van der Waals surface area contributed by atoms with E-state index in [2.05, 4.69) is 17.6 Å². The van der Waals surface area contributed by atoms with Crippen LogP contribution in [-0.2, 0) is 21.2 Å². The first-order valence-corrected chi connectivity index (χ1v) is 14.4. The summed E-state index contributed by atoms with van der Waals surface area (Å²) in [5.41, 5.74) is 2.70. The molecule has 4 rings (SSSR count). The maximum Gasteiger partial charge on any atom is 0.333 e. The molecular weight excluding hydrogens is 615 g/mol. The van der Waals surface area contributed by atoms with Gasteiger partial charge in [0.2, 0.25) is 5.91 Å². The lowest BCUT2D eigenvalue weighted by molar-refractivity contribution is -0.117. The van der Waals surface area contributed by atoms with Crippen molar-refractivity contribution < 1.29 is 22.8 Å². The van der Waals surface area contributed by atoms with E-state index in [9.17, 15) is 22.8 Å². The van der Waals surface area contributed by atoms with Gasteiger partial charge in [0.25, 0.3) is 15.9 Å². The van der Waals surface area contributed by atoms with Crippen LogP contribution in [0.2, 0.25) is 0 Å². The quantitative estimate of drug-likeness (QED) is 0.254. The van der Waals surface area contributed by atoms with E-state index in [1.54, 1.807) is 31.2 Å². The molecule has 0 fully saturated rings. The Morgan fingerprint density at radius 2 is 1.83 bits per heavy atom. The fourth-order valence-corrected chi connectivity index (χ4v) is 6.65. The van der Waals surface area contributed by atoms with E-state index in [4.69, 9.17) is 0 Å². The number of benzene rings is 2. The summed E-state index contributed by atoms with van der Waals surface area (Å²) in [6, 6.07) is 12.2. The number of nitrogens with zero attached hydrogens (tertiary/aromatic N) is 1. The number of hydrogen-bond donors (Lipinski definition) is 3. The van der Waals surface area contributed by atoms with Crippen LogP contribution in [0.15, 0.2) is 52.7 Å². The van der Waals surface area contributed by atoms with Crippen molar-refractivity contribution >= 4 is 78.9 Å². The summed E-state index contributed by atoms with van der Waals surface area (Å²) < 4.78 is 27.3. The maximum atomic E-state index is 13.2. The van der Waals surface area contributed by atoms with E-state index in [0.717, 1.165) is 39.8 Å². The van der Waals surface area contributed by atoms with Gasteiger partial charge in [0.05, 0.1) is 12.1 Å². The molecule has 0 radical (unpaired) electrons. The Kier molecular flexibility index (Phi) is 7.66. The van der Waals surface area contributed by atoms with Crippen molar-refractivity contribution in [3.63, 3.8) is 0 Å². The molecule has 1 aliphatic heterocycles. The fourth-order valence-electron chi connectivity index (χ4n) is 3.70. The van der Waals surface area contributed by atoms with Crippen LogP contribution in [0.25, 0.3) is 0 Å². The smallest absolute Gasteiger partial charge is 0.333 e. The number of sulfonamides is 1. The molecule has 0 atom stereocenters. The number of anilines is 3. The van der Waals surface area contributed by atoms with Gasteiger partial charge in [-0.3, -0.25) is 9.59 Å². The third kappa shape index (κ3) is 5.55. The number of nitrogens with one attached hydrogen (secondary N) is 3. The molecule has 2 heterocycles. The minimum Gasteiger partial charge on any atom is -0.385 e. The first-order valence-electron chi connectivity index (χ1n) is 11.0. The molecule has 4 amide bonds. The number of fused-ring (bicyclic) bond motifs is 1. The standard InChI is InChI=1S/C24H23IN4O5S2/c1-3-10-26-16-5-7-18-15(11-16)12-21(30)29(23(18)31)20-8-6-17(13-19(20)25)27-24(32)28-36(33,34)22-9-4-14(2)35-22/h4-9,11,13,26H,3,10,12H2,1-2H3,(H2,27,28,32). The predicted molar refractivity (Wildman–Crippen MR) is 148 cm³/mol. The normalized spacial score (nSPS) is 13.4. The molecule has 188 valence electrons. The molecule has 0 bridgehead atoms. The lowest BCUT2D eigenvalue weighted by Gasteiger charge is -2.28. The van der Waals surface area contributed by atoms with Crippen molar-refractivity contribution in [2.24, 2.45) is 0 Å². The summed E-state index contributed by atoms with van der Waals surface area (Å²) in [7, 11) is -3.99. The van der Waals surface area contributed by atoms with Crippen LogP contribution in [-0.4, -0.2) is 32.8 Å². The van der Waals surface area contributed by atoms with Gasteiger partial charge in [-0.25, -0.2) is 22.8 Å². The van der Waals surface area contributed by atoms with Crippen LogP contribution in [0.4, 0.5) is 21.9 Å². The number of thiophene rings is 1. The third-order valence-electron chi connectivity index (χ3n) is 5.36. The van der Waals surface area contributed by atoms with Gasteiger partial charge in [0, 0.05) is 31.9 Å². The van der Waals surface area contributed by atoms with Crippen molar-refractivity contribution in [3.05, 3.63) is 68.1 Å². The van der Waals surface area contributed by atoms with Crippen LogP contribution < -0.4 is 20.3 Å². The fraction of sp³-hybridized carbons (Fsp3) is 0.208.